The molecule has 0 aromatic carbocycles. The van der Waals surface area contributed by atoms with Gasteiger partial charge in [-0.1, -0.05) is 26.7 Å². The van der Waals surface area contributed by atoms with E-state index in [1.807, 2.05) is 0 Å². The highest BCUT2D eigenvalue weighted by molar-refractivity contribution is 5.76. The van der Waals surface area contributed by atoms with E-state index in [1.165, 1.54) is 19.3 Å². The Kier molecular flexibility index (Phi) is 5.69. The molecule has 2 N–H and O–H groups in total. The van der Waals surface area contributed by atoms with Crippen LogP contribution in [0.3, 0.4) is 0 Å². The Labute approximate surface area is 93.0 Å². The van der Waals surface area contributed by atoms with Crippen LogP contribution in [0.5, 0.6) is 0 Å². The normalized spacial score (nSPS) is 23.5. The molecule has 0 aromatic heterocycles. The van der Waals surface area contributed by atoms with Gasteiger partial charge in [-0.05, 0) is 25.3 Å². The lowest BCUT2D eigenvalue weighted by atomic mass is 10.0. The van der Waals surface area contributed by atoms with Crippen LogP contribution in [0.4, 0.5) is 0 Å². The number of hydrogen-bond donors (Lipinski definition) is 2. The topological polar surface area (TPSA) is 41.1 Å². The van der Waals surface area contributed by atoms with E-state index in [1.54, 1.807) is 0 Å². The quantitative estimate of drug-likeness (QED) is 0.728. The van der Waals surface area contributed by atoms with Crippen molar-refractivity contribution in [2.75, 3.05) is 13.1 Å². The second-order valence-corrected chi connectivity index (χ2v) is 4.67. The van der Waals surface area contributed by atoms with E-state index in [0.29, 0.717) is 18.4 Å². The fourth-order valence-electron chi connectivity index (χ4n) is 1.87. The molecule has 3 nitrogen and oxygen atoms in total. The van der Waals surface area contributed by atoms with Crippen molar-refractivity contribution in [3.63, 3.8) is 0 Å². The van der Waals surface area contributed by atoms with Gasteiger partial charge in [0, 0.05) is 19.0 Å². The van der Waals surface area contributed by atoms with E-state index in [-0.39, 0.29) is 5.91 Å². The van der Waals surface area contributed by atoms with Gasteiger partial charge in [0.05, 0.1) is 0 Å². The van der Waals surface area contributed by atoms with Crippen molar-refractivity contribution < 1.29 is 4.79 Å². The summed E-state index contributed by atoms with van der Waals surface area (Å²) in [7, 11) is 0. The fourth-order valence-corrected chi connectivity index (χ4v) is 1.87. The van der Waals surface area contributed by atoms with Crippen LogP contribution in [0.15, 0.2) is 0 Å². The second-order valence-electron chi connectivity index (χ2n) is 4.67. The first-order valence-electron chi connectivity index (χ1n) is 6.22. The van der Waals surface area contributed by atoms with E-state index in [2.05, 4.69) is 24.5 Å². The van der Waals surface area contributed by atoms with Gasteiger partial charge < -0.3 is 10.6 Å². The van der Waals surface area contributed by atoms with Crippen LogP contribution < -0.4 is 10.6 Å². The zero-order valence-corrected chi connectivity index (χ0v) is 10.0. The fraction of sp³-hybridized carbons (Fsp3) is 0.917. The molecule has 1 fully saturated rings. The first kappa shape index (κ1) is 12.5. The van der Waals surface area contributed by atoms with Gasteiger partial charge in [-0.15, -0.1) is 0 Å². The lowest BCUT2D eigenvalue weighted by Gasteiger charge is -2.23. The van der Waals surface area contributed by atoms with Crippen LogP contribution in [0, 0.1) is 5.92 Å². The lowest BCUT2D eigenvalue weighted by Crippen LogP contribution is -2.43. The molecule has 2 unspecified atom stereocenters. The molecule has 1 saturated heterocycles. The highest BCUT2D eigenvalue weighted by atomic mass is 16.1. The van der Waals surface area contributed by atoms with Crippen LogP contribution in [0.25, 0.3) is 0 Å². The average molecular weight is 212 g/mol. The Morgan fingerprint density at radius 1 is 1.53 bits per heavy atom. The van der Waals surface area contributed by atoms with Gasteiger partial charge in [-0.25, -0.2) is 0 Å². The molecular weight excluding hydrogens is 188 g/mol. The molecule has 15 heavy (non-hydrogen) atoms. The molecule has 0 aromatic rings. The third kappa shape index (κ3) is 5.17. The largest absolute Gasteiger partial charge is 0.355 e. The van der Waals surface area contributed by atoms with Crippen molar-refractivity contribution in [1.29, 1.82) is 0 Å². The smallest absolute Gasteiger partial charge is 0.220 e. The number of nitrogens with one attached hydrogen (secondary N) is 2. The Morgan fingerprint density at radius 2 is 2.33 bits per heavy atom. The Morgan fingerprint density at radius 3 is 2.93 bits per heavy atom. The summed E-state index contributed by atoms with van der Waals surface area (Å²) in [6.07, 6.45) is 5.51. The van der Waals surface area contributed by atoms with Crippen molar-refractivity contribution in [2.45, 2.75) is 52.0 Å². The summed E-state index contributed by atoms with van der Waals surface area (Å²) in [5, 5.41) is 6.44. The molecule has 0 aliphatic carbocycles. The minimum Gasteiger partial charge on any atom is -0.355 e. The standard InChI is InChI=1S/C12H24N2O/c1-3-10(2)8-12(15)14-9-11-6-4-5-7-13-11/h10-11,13H,3-9H2,1-2H3,(H,14,15). The van der Waals surface area contributed by atoms with Crippen molar-refractivity contribution in [1.82, 2.24) is 10.6 Å². The van der Waals surface area contributed by atoms with Gasteiger partial charge in [-0.2, -0.15) is 0 Å². The van der Waals surface area contributed by atoms with Gasteiger partial charge in [-0.3, -0.25) is 4.79 Å². The zero-order valence-electron chi connectivity index (χ0n) is 10.0. The van der Waals surface area contributed by atoms with E-state index in [9.17, 15) is 4.79 Å². The maximum absolute atomic E-state index is 11.5. The molecule has 0 radical (unpaired) electrons. The summed E-state index contributed by atoms with van der Waals surface area (Å²) in [5.74, 6) is 0.709. The summed E-state index contributed by atoms with van der Waals surface area (Å²) in [5.41, 5.74) is 0. The Bertz CT molecular complexity index is 188. The van der Waals surface area contributed by atoms with E-state index < -0.39 is 0 Å². The van der Waals surface area contributed by atoms with E-state index >= 15 is 0 Å². The summed E-state index contributed by atoms with van der Waals surface area (Å²) in [6, 6.07) is 0.500. The Balaban J connectivity index is 2.10. The van der Waals surface area contributed by atoms with Crippen LogP contribution in [-0.2, 0) is 4.79 Å². The molecule has 0 saturated carbocycles. The van der Waals surface area contributed by atoms with Gasteiger partial charge >= 0.3 is 0 Å². The number of carbonyl (C=O) groups is 1. The van der Waals surface area contributed by atoms with Crippen LogP contribution in [-0.4, -0.2) is 25.0 Å². The average Bonchev–Trinajstić information content (AvgIpc) is 2.27. The number of amides is 1. The SMILES string of the molecule is CCC(C)CC(=O)NCC1CCCCN1. The minimum atomic E-state index is 0.205. The molecule has 0 spiro atoms. The first-order chi connectivity index (χ1) is 7.22. The molecule has 1 heterocycles. The maximum atomic E-state index is 11.5. The highest BCUT2D eigenvalue weighted by Gasteiger charge is 2.13. The van der Waals surface area contributed by atoms with Crippen LogP contribution in [0.2, 0.25) is 0 Å². The summed E-state index contributed by atoms with van der Waals surface area (Å²) in [6.45, 7) is 6.15. The number of piperidine rings is 1. The third-order valence-corrected chi connectivity index (χ3v) is 3.19. The van der Waals surface area contributed by atoms with Crippen LogP contribution in [0.1, 0.15) is 46.0 Å². The molecule has 0 bridgehead atoms. The van der Waals surface area contributed by atoms with E-state index in [0.717, 1.165) is 19.5 Å². The summed E-state index contributed by atoms with van der Waals surface area (Å²) >= 11 is 0. The van der Waals surface area contributed by atoms with Crippen molar-refractivity contribution in [3.8, 4) is 0 Å². The highest BCUT2D eigenvalue weighted by Crippen LogP contribution is 2.07. The maximum Gasteiger partial charge on any atom is 0.220 e. The predicted octanol–water partition coefficient (Wildman–Crippen LogP) is 1.68. The first-order valence-corrected chi connectivity index (χ1v) is 6.22. The monoisotopic (exact) mass is 212 g/mol. The number of rotatable bonds is 5. The lowest BCUT2D eigenvalue weighted by molar-refractivity contribution is -0.122. The van der Waals surface area contributed by atoms with Crippen molar-refractivity contribution in [2.24, 2.45) is 5.92 Å². The van der Waals surface area contributed by atoms with E-state index in [4.69, 9.17) is 0 Å². The van der Waals surface area contributed by atoms with Gasteiger partial charge in [0.25, 0.3) is 0 Å². The van der Waals surface area contributed by atoms with Crippen molar-refractivity contribution in [3.05, 3.63) is 0 Å². The predicted molar refractivity (Wildman–Crippen MR) is 62.7 cm³/mol. The molecule has 3 heteroatoms. The molecule has 1 amide bonds. The third-order valence-electron chi connectivity index (χ3n) is 3.19. The van der Waals surface area contributed by atoms with Crippen LogP contribution >= 0.6 is 0 Å². The molecule has 1 aliphatic heterocycles. The molecular formula is C12H24N2O. The minimum absolute atomic E-state index is 0.205. The van der Waals surface area contributed by atoms with Crippen molar-refractivity contribution >= 4 is 5.91 Å². The summed E-state index contributed by atoms with van der Waals surface area (Å²) in [4.78, 5) is 11.5. The van der Waals surface area contributed by atoms with Gasteiger partial charge in [0.2, 0.25) is 5.91 Å². The number of carbonyl (C=O) groups excluding carboxylic acids is 1. The molecule has 2 atom stereocenters. The van der Waals surface area contributed by atoms with Gasteiger partial charge in [0.15, 0.2) is 0 Å². The zero-order chi connectivity index (χ0) is 11.1. The molecule has 1 rings (SSSR count). The molecule has 1 aliphatic rings. The molecule has 88 valence electrons. The second kappa shape index (κ2) is 6.83. The Hall–Kier alpha value is -0.570. The number of hydrogen-bond acceptors (Lipinski definition) is 2. The summed E-state index contributed by atoms with van der Waals surface area (Å²) < 4.78 is 0. The van der Waals surface area contributed by atoms with Gasteiger partial charge in [0.1, 0.15) is 0 Å².